The molecule has 1 aliphatic rings. The van der Waals surface area contributed by atoms with Gasteiger partial charge in [-0.3, -0.25) is 9.80 Å². The highest BCUT2D eigenvalue weighted by Gasteiger charge is 2.24. The molecule has 1 saturated heterocycles. The van der Waals surface area contributed by atoms with Gasteiger partial charge in [0.15, 0.2) is 5.82 Å². The molecule has 0 radical (unpaired) electrons. The minimum atomic E-state index is 0.543. The minimum absolute atomic E-state index is 0.543. The minimum Gasteiger partial charge on any atom is -0.383 e. The van der Waals surface area contributed by atoms with E-state index in [0.29, 0.717) is 11.9 Å². The van der Waals surface area contributed by atoms with Crippen LogP contribution in [-0.2, 0) is 11.3 Å². The summed E-state index contributed by atoms with van der Waals surface area (Å²) in [5.74, 6) is 1.42. The number of nitrogens with zero attached hydrogens (tertiary/aromatic N) is 4. The lowest BCUT2D eigenvalue weighted by Crippen LogP contribution is -2.52. The fraction of sp³-hybridized carbons (Fsp3) is 0.833. The number of ether oxygens (including phenoxy) is 1. The summed E-state index contributed by atoms with van der Waals surface area (Å²) in [6.45, 7) is 9.81. The van der Waals surface area contributed by atoms with Crippen LogP contribution >= 0.6 is 0 Å². The first kappa shape index (κ1) is 13.5. The van der Waals surface area contributed by atoms with Crippen molar-refractivity contribution in [3.05, 3.63) is 11.7 Å². The molecule has 1 aromatic heterocycles. The van der Waals surface area contributed by atoms with Crippen molar-refractivity contribution in [1.29, 1.82) is 0 Å². The molecular formula is C12H22N4O2. The van der Waals surface area contributed by atoms with Crippen molar-refractivity contribution in [2.45, 2.75) is 26.4 Å². The lowest BCUT2D eigenvalue weighted by molar-refractivity contribution is 0.0543. The van der Waals surface area contributed by atoms with Crippen LogP contribution in [-0.4, -0.2) is 65.9 Å². The highest BCUT2D eigenvalue weighted by atomic mass is 16.5. The zero-order valence-corrected chi connectivity index (χ0v) is 11.4. The summed E-state index contributed by atoms with van der Waals surface area (Å²) in [6, 6.07) is 0.543. The maximum Gasteiger partial charge on any atom is 0.223 e. The average Bonchev–Trinajstić information content (AvgIpc) is 2.74. The van der Waals surface area contributed by atoms with Gasteiger partial charge in [-0.2, -0.15) is 4.98 Å². The van der Waals surface area contributed by atoms with Crippen molar-refractivity contribution in [3.8, 4) is 0 Å². The Morgan fingerprint density at radius 2 is 2.28 bits per heavy atom. The van der Waals surface area contributed by atoms with Crippen LogP contribution in [0.2, 0.25) is 0 Å². The second-order valence-corrected chi connectivity index (χ2v) is 4.84. The van der Waals surface area contributed by atoms with E-state index in [1.165, 1.54) is 0 Å². The molecule has 102 valence electrons. The molecule has 2 rings (SSSR count). The largest absolute Gasteiger partial charge is 0.383 e. The van der Waals surface area contributed by atoms with Gasteiger partial charge in [0.2, 0.25) is 5.89 Å². The first-order valence-corrected chi connectivity index (χ1v) is 6.43. The number of rotatable bonds is 5. The fourth-order valence-electron chi connectivity index (χ4n) is 2.36. The van der Waals surface area contributed by atoms with Crippen molar-refractivity contribution in [2.24, 2.45) is 0 Å². The molecule has 1 aliphatic heterocycles. The highest BCUT2D eigenvalue weighted by Crippen LogP contribution is 2.11. The zero-order valence-electron chi connectivity index (χ0n) is 11.4. The van der Waals surface area contributed by atoms with E-state index in [2.05, 4.69) is 26.9 Å². The molecule has 1 fully saturated rings. The Bertz CT molecular complexity index is 369. The third kappa shape index (κ3) is 3.51. The molecule has 0 aromatic carbocycles. The third-order valence-electron chi connectivity index (χ3n) is 3.37. The molecule has 6 nitrogen and oxygen atoms in total. The molecular weight excluding hydrogens is 232 g/mol. The lowest BCUT2D eigenvalue weighted by atomic mass is 10.2. The van der Waals surface area contributed by atoms with Crippen molar-refractivity contribution >= 4 is 0 Å². The summed E-state index contributed by atoms with van der Waals surface area (Å²) in [6.07, 6.45) is 0. The Kier molecular flexibility index (Phi) is 4.68. The van der Waals surface area contributed by atoms with Gasteiger partial charge in [0.05, 0.1) is 13.2 Å². The van der Waals surface area contributed by atoms with Gasteiger partial charge >= 0.3 is 0 Å². The molecule has 0 saturated carbocycles. The Balaban J connectivity index is 1.80. The summed E-state index contributed by atoms with van der Waals surface area (Å²) in [5.41, 5.74) is 0. The molecule has 6 heteroatoms. The van der Waals surface area contributed by atoms with Gasteiger partial charge in [0.1, 0.15) is 0 Å². The van der Waals surface area contributed by atoms with Crippen LogP contribution in [0.1, 0.15) is 18.6 Å². The van der Waals surface area contributed by atoms with E-state index in [1.807, 2.05) is 6.92 Å². The topological polar surface area (TPSA) is 54.6 Å². The first-order valence-electron chi connectivity index (χ1n) is 6.43. The van der Waals surface area contributed by atoms with Gasteiger partial charge in [0.25, 0.3) is 0 Å². The molecule has 1 aromatic rings. The number of methoxy groups -OCH3 is 1. The smallest absolute Gasteiger partial charge is 0.223 e. The van der Waals surface area contributed by atoms with Crippen LogP contribution < -0.4 is 0 Å². The van der Waals surface area contributed by atoms with E-state index in [9.17, 15) is 0 Å². The molecule has 1 atom stereocenters. The number of hydrogen-bond donors (Lipinski definition) is 0. The average molecular weight is 254 g/mol. The zero-order chi connectivity index (χ0) is 13.0. The van der Waals surface area contributed by atoms with Gasteiger partial charge in [0, 0.05) is 46.3 Å². The lowest BCUT2D eigenvalue weighted by Gasteiger charge is -2.39. The number of aryl methyl sites for hydroxylation is 1. The third-order valence-corrected chi connectivity index (χ3v) is 3.37. The van der Waals surface area contributed by atoms with Gasteiger partial charge < -0.3 is 9.26 Å². The maximum atomic E-state index is 5.13. The molecule has 0 unspecified atom stereocenters. The SMILES string of the molecule is COCCN1CCN(Cc2noc(C)n2)C[C@H]1C. The Hall–Kier alpha value is -0.980. The first-order chi connectivity index (χ1) is 8.69. The van der Waals surface area contributed by atoms with E-state index < -0.39 is 0 Å². The number of hydrogen-bond acceptors (Lipinski definition) is 6. The van der Waals surface area contributed by atoms with Crippen LogP contribution in [0.3, 0.4) is 0 Å². The van der Waals surface area contributed by atoms with Crippen molar-refractivity contribution < 1.29 is 9.26 Å². The highest BCUT2D eigenvalue weighted by molar-refractivity contribution is 4.87. The second-order valence-electron chi connectivity index (χ2n) is 4.84. The summed E-state index contributed by atoms with van der Waals surface area (Å²) < 4.78 is 10.1. The molecule has 0 bridgehead atoms. The van der Waals surface area contributed by atoms with E-state index >= 15 is 0 Å². The van der Waals surface area contributed by atoms with E-state index in [4.69, 9.17) is 9.26 Å². The van der Waals surface area contributed by atoms with E-state index in [-0.39, 0.29) is 0 Å². The van der Waals surface area contributed by atoms with Crippen LogP contribution in [0.4, 0.5) is 0 Å². The predicted molar refractivity (Wildman–Crippen MR) is 67.2 cm³/mol. The predicted octanol–water partition coefficient (Wildman–Crippen LogP) is 0.531. The van der Waals surface area contributed by atoms with Crippen LogP contribution in [0.25, 0.3) is 0 Å². The van der Waals surface area contributed by atoms with Gasteiger partial charge in [-0.25, -0.2) is 0 Å². The Morgan fingerprint density at radius 3 is 2.89 bits per heavy atom. The molecule has 2 heterocycles. The maximum absolute atomic E-state index is 5.13. The monoisotopic (exact) mass is 254 g/mol. The Labute approximate surface area is 108 Å². The molecule has 18 heavy (non-hydrogen) atoms. The standard InChI is InChI=1S/C12H22N4O2/c1-10-8-15(4-5-16(10)6-7-17-3)9-12-13-11(2)18-14-12/h10H,4-9H2,1-3H3/t10-/m1/s1. The number of aromatic nitrogens is 2. The number of piperazine rings is 1. The Morgan fingerprint density at radius 1 is 1.44 bits per heavy atom. The summed E-state index contributed by atoms with van der Waals surface area (Å²) in [7, 11) is 1.75. The fourth-order valence-corrected chi connectivity index (χ4v) is 2.36. The molecule has 0 N–H and O–H groups in total. The van der Waals surface area contributed by atoms with Crippen molar-refractivity contribution in [3.63, 3.8) is 0 Å². The van der Waals surface area contributed by atoms with Crippen LogP contribution in [0, 0.1) is 6.92 Å². The van der Waals surface area contributed by atoms with Gasteiger partial charge in [-0.05, 0) is 6.92 Å². The van der Waals surface area contributed by atoms with Crippen LogP contribution in [0.5, 0.6) is 0 Å². The molecule has 0 aliphatic carbocycles. The van der Waals surface area contributed by atoms with E-state index in [1.54, 1.807) is 7.11 Å². The second kappa shape index (κ2) is 6.26. The van der Waals surface area contributed by atoms with Crippen molar-refractivity contribution in [1.82, 2.24) is 19.9 Å². The quantitative estimate of drug-likeness (QED) is 0.764. The summed E-state index contributed by atoms with van der Waals surface area (Å²) in [4.78, 5) is 9.08. The van der Waals surface area contributed by atoms with Crippen molar-refractivity contribution in [2.75, 3.05) is 39.9 Å². The van der Waals surface area contributed by atoms with Gasteiger partial charge in [-0.1, -0.05) is 5.16 Å². The van der Waals surface area contributed by atoms with Gasteiger partial charge in [-0.15, -0.1) is 0 Å². The molecule has 0 spiro atoms. The summed E-state index contributed by atoms with van der Waals surface area (Å²) in [5, 5.41) is 3.94. The molecule has 0 amide bonds. The summed E-state index contributed by atoms with van der Waals surface area (Å²) >= 11 is 0. The van der Waals surface area contributed by atoms with Crippen LogP contribution in [0.15, 0.2) is 4.52 Å². The van der Waals surface area contributed by atoms with E-state index in [0.717, 1.165) is 45.2 Å². The normalized spacial score (nSPS) is 22.5.